The number of carbonyl (C=O) groups excluding carboxylic acids is 1. The van der Waals surface area contributed by atoms with Crippen LogP contribution in [0.2, 0.25) is 0 Å². The lowest BCUT2D eigenvalue weighted by atomic mass is 10.1. The summed E-state index contributed by atoms with van der Waals surface area (Å²) >= 11 is 4.68. The topological polar surface area (TPSA) is 53.9 Å². The van der Waals surface area contributed by atoms with Crippen molar-refractivity contribution in [3.63, 3.8) is 0 Å². The maximum atomic E-state index is 12.5. The van der Waals surface area contributed by atoms with Crippen molar-refractivity contribution < 1.29 is 18.3 Å². The zero-order valence-corrected chi connectivity index (χ0v) is 11.3. The van der Waals surface area contributed by atoms with Crippen LogP contribution in [0.15, 0.2) is 29.4 Å². The third-order valence-corrected chi connectivity index (χ3v) is 2.79. The standard InChI is InChI=1S/C12H12ClF2N3O2/c1-8-6-18(17-11(8)16-7-19)9-2-4-10(5-3-9)20-12(13,14)15/h2-5,7-8H,6H2,1H3,(H,16,17,19)/t8-/m0/s1. The van der Waals surface area contributed by atoms with Gasteiger partial charge in [0.15, 0.2) is 0 Å². The van der Waals surface area contributed by atoms with Crippen LogP contribution in [0, 0.1) is 5.92 Å². The second-order valence-corrected chi connectivity index (χ2v) is 4.71. The molecule has 108 valence electrons. The fourth-order valence-electron chi connectivity index (χ4n) is 1.83. The maximum absolute atomic E-state index is 12.5. The predicted molar refractivity (Wildman–Crippen MR) is 71.0 cm³/mol. The minimum atomic E-state index is -3.73. The van der Waals surface area contributed by atoms with Gasteiger partial charge in [-0.2, -0.15) is 5.10 Å². The highest BCUT2D eigenvalue weighted by molar-refractivity contribution is 6.20. The molecule has 1 N–H and O–H groups in total. The highest BCUT2D eigenvalue weighted by atomic mass is 35.5. The van der Waals surface area contributed by atoms with Gasteiger partial charge in [-0.1, -0.05) is 6.92 Å². The van der Waals surface area contributed by atoms with Crippen LogP contribution >= 0.6 is 11.6 Å². The number of nitrogens with one attached hydrogen (secondary N) is 1. The molecule has 1 aliphatic rings. The second kappa shape index (κ2) is 5.62. The number of hydrogen-bond donors (Lipinski definition) is 1. The number of benzene rings is 1. The molecule has 1 aromatic rings. The Balaban J connectivity index is 2.09. The summed E-state index contributed by atoms with van der Waals surface area (Å²) < 4.78 is 29.2. The van der Waals surface area contributed by atoms with Crippen LogP contribution in [0.1, 0.15) is 6.92 Å². The number of amidine groups is 1. The van der Waals surface area contributed by atoms with E-state index in [9.17, 15) is 13.6 Å². The number of carbonyl (C=O) groups is 1. The van der Waals surface area contributed by atoms with Crippen molar-refractivity contribution >= 4 is 29.5 Å². The molecule has 1 aromatic carbocycles. The van der Waals surface area contributed by atoms with Crippen molar-refractivity contribution in [2.24, 2.45) is 11.0 Å². The van der Waals surface area contributed by atoms with E-state index in [0.29, 0.717) is 24.5 Å². The number of hydrazone groups is 1. The summed E-state index contributed by atoms with van der Waals surface area (Å²) in [4.78, 5) is 10.4. The lowest BCUT2D eigenvalue weighted by Crippen LogP contribution is -2.26. The normalized spacial score (nSPS) is 18.7. The van der Waals surface area contributed by atoms with Crippen LogP contribution in [0.25, 0.3) is 0 Å². The molecule has 0 saturated heterocycles. The van der Waals surface area contributed by atoms with Crippen molar-refractivity contribution in [2.75, 3.05) is 11.6 Å². The molecule has 0 saturated carbocycles. The van der Waals surface area contributed by atoms with Crippen molar-refractivity contribution in [1.82, 2.24) is 5.32 Å². The quantitative estimate of drug-likeness (QED) is 0.686. The fraction of sp³-hybridized carbons (Fsp3) is 0.333. The molecule has 8 heteroatoms. The number of amides is 1. The maximum Gasteiger partial charge on any atom is 0.487 e. The fourth-order valence-corrected chi connectivity index (χ4v) is 1.92. The molecule has 5 nitrogen and oxygen atoms in total. The average molecular weight is 304 g/mol. The molecule has 0 unspecified atom stereocenters. The van der Waals surface area contributed by atoms with E-state index >= 15 is 0 Å². The Morgan fingerprint density at radius 1 is 1.50 bits per heavy atom. The lowest BCUT2D eigenvalue weighted by molar-refractivity contribution is -0.108. The zero-order valence-electron chi connectivity index (χ0n) is 10.5. The van der Waals surface area contributed by atoms with Crippen LogP contribution in [-0.2, 0) is 4.79 Å². The molecule has 1 aliphatic heterocycles. The highest BCUT2D eigenvalue weighted by Crippen LogP contribution is 2.28. The number of ether oxygens (including phenoxy) is 1. The van der Waals surface area contributed by atoms with Crippen LogP contribution in [-0.4, -0.2) is 24.4 Å². The van der Waals surface area contributed by atoms with Crippen LogP contribution in [0.5, 0.6) is 5.75 Å². The average Bonchev–Trinajstić information content (AvgIpc) is 2.70. The van der Waals surface area contributed by atoms with Gasteiger partial charge in [0, 0.05) is 17.5 Å². The smallest absolute Gasteiger partial charge is 0.420 e. The molecule has 2 rings (SSSR count). The SMILES string of the molecule is C[C@H]1CN(c2ccc(OC(F)(F)Cl)cc2)N=C1NC=O. The van der Waals surface area contributed by atoms with Gasteiger partial charge in [0.05, 0.1) is 12.2 Å². The largest absolute Gasteiger partial charge is 0.487 e. The molecule has 0 radical (unpaired) electrons. The Morgan fingerprint density at radius 2 is 2.15 bits per heavy atom. The third-order valence-electron chi connectivity index (χ3n) is 2.72. The zero-order chi connectivity index (χ0) is 14.8. The molecule has 0 fully saturated rings. The number of anilines is 1. The van der Waals surface area contributed by atoms with Gasteiger partial charge in [-0.3, -0.25) is 9.80 Å². The monoisotopic (exact) mass is 303 g/mol. The van der Waals surface area contributed by atoms with Gasteiger partial charge in [0.1, 0.15) is 11.6 Å². The third kappa shape index (κ3) is 3.57. The van der Waals surface area contributed by atoms with Crippen LogP contribution in [0.3, 0.4) is 0 Å². The molecule has 0 aromatic heterocycles. The molecule has 0 spiro atoms. The molecule has 0 aliphatic carbocycles. The van der Waals surface area contributed by atoms with Gasteiger partial charge in [-0.25, -0.2) is 0 Å². The first-order valence-electron chi connectivity index (χ1n) is 5.81. The van der Waals surface area contributed by atoms with Crippen molar-refractivity contribution in [3.8, 4) is 5.75 Å². The second-order valence-electron chi connectivity index (χ2n) is 4.27. The first kappa shape index (κ1) is 14.5. The molecule has 0 bridgehead atoms. The Hall–Kier alpha value is -1.89. The van der Waals surface area contributed by atoms with Gasteiger partial charge in [-0.15, -0.1) is 8.78 Å². The summed E-state index contributed by atoms with van der Waals surface area (Å²) in [6, 6.07) is 5.91. The van der Waals surface area contributed by atoms with E-state index in [4.69, 9.17) is 0 Å². The highest BCUT2D eigenvalue weighted by Gasteiger charge is 2.28. The molecule has 1 amide bonds. The van der Waals surface area contributed by atoms with Crippen LogP contribution < -0.4 is 15.1 Å². The van der Waals surface area contributed by atoms with E-state index in [1.807, 2.05) is 6.92 Å². The van der Waals surface area contributed by atoms with E-state index in [-0.39, 0.29) is 11.7 Å². The molecule has 1 atom stereocenters. The predicted octanol–water partition coefficient (Wildman–Crippen LogP) is 2.37. The van der Waals surface area contributed by atoms with Gasteiger partial charge in [0.2, 0.25) is 6.41 Å². The van der Waals surface area contributed by atoms with E-state index < -0.39 is 5.57 Å². The van der Waals surface area contributed by atoms with E-state index in [2.05, 4.69) is 26.8 Å². The Bertz CT molecular complexity index is 516. The summed E-state index contributed by atoms with van der Waals surface area (Å²) in [5, 5.41) is 8.41. The molecular weight excluding hydrogens is 292 g/mol. The van der Waals surface area contributed by atoms with E-state index in [1.54, 1.807) is 17.1 Å². The van der Waals surface area contributed by atoms with Gasteiger partial charge in [0.25, 0.3) is 0 Å². The number of rotatable bonds is 4. The summed E-state index contributed by atoms with van der Waals surface area (Å²) in [6.07, 6.45) is 0.568. The van der Waals surface area contributed by atoms with E-state index in [0.717, 1.165) is 0 Å². The summed E-state index contributed by atoms with van der Waals surface area (Å²) in [5.41, 5.74) is -3.03. The minimum Gasteiger partial charge on any atom is -0.420 e. The lowest BCUT2D eigenvalue weighted by Gasteiger charge is -2.15. The van der Waals surface area contributed by atoms with Crippen molar-refractivity contribution in [3.05, 3.63) is 24.3 Å². The van der Waals surface area contributed by atoms with Gasteiger partial charge < -0.3 is 10.1 Å². The minimum absolute atomic E-state index is 0.0452. The molecule has 20 heavy (non-hydrogen) atoms. The summed E-state index contributed by atoms with van der Waals surface area (Å²) in [5.74, 6) is 0.590. The Morgan fingerprint density at radius 3 is 2.70 bits per heavy atom. The first-order valence-corrected chi connectivity index (χ1v) is 6.19. The van der Waals surface area contributed by atoms with Crippen LogP contribution in [0.4, 0.5) is 14.5 Å². The molecule has 1 heterocycles. The van der Waals surface area contributed by atoms with Gasteiger partial charge in [-0.05, 0) is 24.3 Å². The number of hydrogen-bond acceptors (Lipinski definition) is 4. The Kier molecular flexibility index (Phi) is 4.08. The number of alkyl halides is 3. The summed E-state index contributed by atoms with van der Waals surface area (Å²) in [6.45, 7) is 2.50. The van der Waals surface area contributed by atoms with Gasteiger partial charge >= 0.3 is 5.57 Å². The van der Waals surface area contributed by atoms with Crippen molar-refractivity contribution in [1.29, 1.82) is 0 Å². The van der Waals surface area contributed by atoms with E-state index in [1.165, 1.54) is 12.1 Å². The molecular formula is C12H12ClF2N3O2. The number of nitrogens with zero attached hydrogens (tertiary/aromatic N) is 2. The Labute approximate surface area is 119 Å². The number of halogens is 3. The first-order chi connectivity index (χ1) is 9.39. The summed E-state index contributed by atoms with van der Waals surface area (Å²) in [7, 11) is 0. The van der Waals surface area contributed by atoms with Crippen molar-refractivity contribution in [2.45, 2.75) is 12.5 Å².